The largest absolute Gasteiger partial charge is 0.366 e. The van der Waals surface area contributed by atoms with E-state index in [9.17, 15) is 9.59 Å². The van der Waals surface area contributed by atoms with Gasteiger partial charge in [-0.15, -0.1) is 22.7 Å². The van der Waals surface area contributed by atoms with Crippen molar-refractivity contribution in [1.29, 1.82) is 0 Å². The second-order valence-corrected chi connectivity index (χ2v) is 7.12. The number of nitrogens with two attached hydrogens (primary N) is 1. The van der Waals surface area contributed by atoms with Crippen LogP contribution < -0.4 is 11.1 Å². The predicted octanol–water partition coefficient (Wildman–Crippen LogP) is 2.68. The van der Waals surface area contributed by atoms with Gasteiger partial charge in [0.15, 0.2) is 0 Å². The molecule has 0 spiro atoms. The van der Waals surface area contributed by atoms with Crippen molar-refractivity contribution in [2.45, 2.75) is 18.9 Å². The van der Waals surface area contributed by atoms with Gasteiger partial charge in [0.05, 0.1) is 12.1 Å². The van der Waals surface area contributed by atoms with E-state index in [0.717, 1.165) is 19.4 Å². The summed E-state index contributed by atoms with van der Waals surface area (Å²) in [4.78, 5) is 27.0. The van der Waals surface area contributed by atoms with E-state index in [1.165, 1.54) is 16.2 Å². The van der Waals surface area contributed by atoms with E-state index in [0.29, 0.717) is 23.2 Å². The summed E-state index contributed by atoms with van der Waals surface area (Å²) < 4.78 is 0. The molecule has 3 heterocycles. The lowest BCUT2D eigenvalue weighted by Crippen LogP contribution is -2.32. The summed E-state index contributed by atoms with van der Waals surface area (Å²) in [5, 5.41) is 7.15. The van der Waals surface area contributed by atoms with Crippen LogP contribution in [0.2, 0.25) is 0 Å². The van der Waals surface area contributed by atoms with Crippen LogP contribution in [-0.4, -0.2) is 29.8 Å². The van der Waals surface area contributed by atoms with Crippen LogP contribution in [0.1, 0.15) is 34.1 Å². The van der Waals surface area contributed by atoms with Crippen LogP contribution in [0.5, 0.6) is 0 Å². The second kappa shape index (κ2) is 6.60. The fourth-order valence-corrected chi connectivity index (χ4v) is 4.47. The van der Waals surface area contributed by atoms with E-state index in [2.05, 4.69) is 21.7 Å². The van der Waals surface area contributed by atoms with Crippen molar-refractivity contribution >= 4 is 39.5 Å². The third-order valence-electron chi connectivity index (χ3n) is 3.77. The Morgan fingerprint density at radius 1 is 1.32 bits per heavy atom. The summed E-state index contributed by atoms with van der Waals surface area (Å²) in [6, 6.07) is 6.12. The smallest absolute Gasteiger partial charge is 0.251 e. The van der Waals surface area contributed by atoms with Gasteiger partial charge >= 0.3 is 0 Å². The summed E-state index contributed by atoms with van der Waals surface area (Å²) in [6.07, 6.45) is 2.18. The van der Waals surface area contributed by atoms with Crippen molar-refractivity contribution in [3.05, 3.63) is 39.4 Å². The third-order valence-corrected chi connectivity index (χ3v) is 5.57. The van der Waals surface area contributed by atoms with E-state index in [1.807, 2.05) is 6.07 Å². The molecule has 7 heteroatoms. The molecule has 0 aliphatic carbocycles. The van der Waals surface area contributed by atoms with Crippen molar-refractivity contribution in [3.63, 3.8) is 0 Å². The standard InChI is InChI=1S/C15H17N3O2S2/c16-14(20)10-5-8-22-15(10)17-13(19)9-18-6-1-3-11(18)12-4-2-7-21-12/h2,4-5,7-8,11H,1,3,6,9H2,(H2,16,20)(H,17,19)/t11-/m0/s1. The Morgan fingerprint density at radius 3 is 2.91 bits per heavy atom. The number of nitrogens with zero attached hydrogens (tertiary/aromatic N) is 1. The number of thiophene rings is 2. The number of hydrogen-bond donors (Lipinski definition) is 2. The molecule has 3 rings (SSSR count). The predicted molar refractivity (Wildman–Crippen MR) is 89.3 cm³/mol. The minimum atomic E-state index is -0.519. The number of carbonyl (C=O) groups is 2. The van der Waals surface area contributed by atoms with E-state index >= 15 is 0 Å². The number of nitrogens with one attached hydrogen (secondary N) is 1. The number of primary amides is 1. The Bertz CT molecular complexity index is 666. The fourth-order valence-electron chi connectivity index (χ4n) is 2.77. The molecule has 1 atom stereocenters. The number of anilines is 1. The van der Waals surface area contributed by atoms with E-state index in [-0.39, 0.29) is 5.91 Å². The minimum Gasteiger partial charge on any atom is -0.366 e. The Hall–Kier alpha value is -1.70. The lowest BCUT2D eigenvalue weighted by Gasteiger charge is -2.22. The first kappa shape index (κ1) is 15.2. The fraction of sp³-hybridized carbons (Fsp3) is 0.333. The quantitative estimate of drug-likeness (QED) is 0.882. The number of amides is 2. The van der Waals surface area contributed by atoms with Gasteiger partial charge in [-0.2, -0.15) is 0 Å². The van der Waals surface area contributed by atoms with Crippen LogP contribution in [0, 0.1) is 0 Å². The molecule has 5 nitrogen and oxygen atoms in total. The monoisotopic (exact) mass is 335 g/mol. The van der Waals surface area contributed by atoms with Gasteiger partial charge in [-0.05, 0) is 42.3 Å². The number of likely N-dealkylation sites (tertiary alicyclic amines) is 1. The summed E-state index contributed by atoms with van der Waals surface area (Å²) in [6.45, 7) is 1.25. The van der Waals surface area contributed by atoms with Gasteiger partial charge in [0.2, 0.25) is 5.91 Å². The van der Waals surface area contributed by atoms with Gasteiger partial charge < -0.3 is 11.1 Å². The zero-order valence-electron chi connectivity index (χ0n) is 12.0. The normalized spacial score (nSPS) is 18.5. The zero-order valence-corrected chi connectivity index (χ0v) is 13.6. The number of carbonyl (C=O) groups excluding carboxylic acids is 2. The maximum absolute atomic E-state index is 12.3. The first-order valence-corrected chi connectivity index (χ1v) is 8.85. The maximum Gasteiger partial charge on any atom is 0.251 e. The van der Waals surface area contributed by atoms with Gasteiger partial charge in [0, 0.05) is 10.9 Å². The van der Waals surface area contributed by atoms with Gasteiger partial charge in [-0.25, -0.2) is 0 Å². The molecular weight excluding hydrogens is 318 g/mol. The molecule has 116 valence electrons. The van der Waals surface area contributed by atoms with Crippen LogP contribution in [-0.2, 0) is 4.79 Å². The van der Waals surface area contributed by atoms with Crippen molar-refractivity contribution in [1.82, 2.24) is 4.90 Å². The Kier molecular flexibility index (Phi) is 4.56. The van der Waals surface area contributed by atoms with Crippen molar-refractivity contribution < 1.29 is 9.59 Å². The Labute approximate surface area is 136 Å². The van der Waals surface area contributed by atoms with Crippen LogP contribution in [0.15, 0.2) is 29.0 Å². The highest BCUT2D eigenvalue weighted by Crippen LogP contribution is 2.34. The molecule has 2 aromatic heterocycles. The molecule has 0 unspecified atom stereocenters. The summed E-state index contributed by atoms with van der Waals surface area (Å²) in [5.74, 6) is -0.623. The first-order valence-electron chi connectivity index (χ1n) is 7.10. The Balaban J connectivity index is 1.64. The van der Waals surface area contributed by atoms with E-state index < -0.39 is 5.91 Å². The summed E-state index contributed by atoms with van der Waals surface area (Å²) in [7, 11) is 0. The molecule has 1 aliphatic heterocycles. The van der Waals surface area contributed by atoms with E-state index in [1.54, 1.807) is 22.8 Å². The Morgan fingerprint density at radius 2 is 2.18 bits per heavy atom. The van der Waals surface area contributed by atoms with Crippen LogP contribution in [0.4, 0.5) is 5.00 Å². The molecule has 22 heavy (non-hydrogen) atoms. The van der Waals surface area contributed by atoms with E-state index in [4.69, 9.17) is 5.73 Å². The molecule has 2 amide bonds. The molecule has 1 saturated heterocycles. The SMILES string of the molecule is NC(=O)c1ccsc1NC(=O)CN1CCC[C@H]1c1cccs1. The molecule has 0 radical (unpaired) electrons. The number of rotatable bonds is 5. The minimum absolute atomic E-state index is 0.103. The van der Waals surface area contributed by atoms with Gasteiger partial charge in [-0.3, -0.25) is 14.5 Å². The van der Waals surface area contributed by atoms with Crippen molar-refractivity contribution in [3.8, 4) is 0 Å². The van der Waals surface area contributed by atoms with Gasteiger partial charge in [0.1, 0.15) is 5.00 Å². The molecule has 2 aromatic rings. The molecule has 1 aliphatic rings. The molecule has 0 saturated carbocycles. The third kappa shape index (κ3) is 3.21. The molecular formula is C15H17N3O2S2. The average molecular weight is 335 g/mol. The highest BCUT2D eigenvalue weighted by molar-refractivity contribution is 7.14. The highest BCUT2D eigenvalue weighted by Gasteiger charge is 2.28. The second-order valence-electron chi connectivity index (χ2n) is 5.22. The zero-order chi connectivity index (χ0) is 15.5. The molecule has 3 N–H and O–H groups in total. The molecule has 0 aromatic carbocycles. The van der Waals surface area contributed by atoms with Gasteiger partial charge in [0.25, 0.3) is 5.91 Å². The highest BCUT2D eigenvalue weighted by atomic mass is 32.1. The summed E-state index contributed by atoms with van der Waals surface area (Å²) >= 11 is 3.04. The molecule has 1 fully saturated rings. The first-order chi connectivity index (χ1) is 10.6. The topological polar surface area (TPSA) is 75.4 Å². The summed E-state index contributed by atoms with van der Waals surface area (Å²) in [5.41, 5.74) is 5.66. The molecule has 0 bridgehead atoms. The van der Waals surface area contributed by atoms with Crippen molar-refractivity contribution in [2.75, 3.05) is 18.4 Å². The maximum atomic E-state index is 12.3. The lowest BCUT2D eigenvalue weighted by atomic mass is 10.2. The van der Waals surface area contributed by atoms with Gasteiger partial charge in [-0.1, -0.05) is 6.07 Å². The van der Waals surface area contributed by atoms with Crippen LogP contribution in [0.25, 0.3) is 0 Å². The van der Waals surface area contributed by atoms with Crippen LogP contribution >= 0.6 is 22.7 Å². The van der Waals surface area contributed by atoms with Crippen molar-refractivity contribution in [2.24, 2.45) is 5.73 Å². The van der Waals surface area contributed by atoms with Crippen LogP contribution in [0.3, 0.4) is 0 Å². The average Bonchev–Trinajstić information content (AvgIpc) is 3.18. The number of hydrogen-bond acceptors (Lipinski definition) is 5. The lowest BCUT2D eigenvalue weighted by molar-refractivity contribution is -0.117.